The zero-order valence-electron chi connectivity index (χ0n) is 13.4. The van der Waals surface area contributed by atoms with Gasteiger partial charge in [-0.3, -0.25) is 9.69 Å². The number of hydrogen-bond acceptors (Lipinski definition) is 4. The molecule has 0 saturated carbocycles. The highest BCUT2D eigenvalue weighted by Gasteiger charge is 2.33. The van der Waals surface area contributed by atoms with Gasteiger partial charge in [-0.1, -0.05) is 72.0 Å². The van der Waals surface area contributed by atoms with Crippen LogP contribution in [0.1, 0.15) is 5.76 Å². The second kappa shape index (κ2) is 7.11. The minimum absolute atomic E-state index is 0.181. The highest BCUT2D eigenvalue weighted by atomic mass is 35.5. The minimum atomic E-state index is -0.181. The summed E-state index contributed by atoms with van der Waals surface area (Å²) in [6, 6.07) is 20.6. The van der Waals surface area contributed by atoms with Crippen molar-refractivity contribution in [2.75, 3.05) is 4.90 Å². The topological polar surface area (TPSA) is 33.5 Å². The molecule has 0 spiro atoms. The maximum Gasteiger partial charge on any atom is 0.270 e. The molecule has 1 saturated heterocycles. The van der Waals surface area contributed by atoms with E-state index >= 15 is 0 Å². The quantitative estimate of drug-likeness (QED) is 0.400. The third kappa shape index (κ3) is 3.33. The average molecular weight is 398 g/mol. The highest BCUT2D eigenvalue weighted by molar-refractivity contribution is 8.27. The Bertz CT molecular complexity index is 1030. The van der Waals surface area contributed by atoms with Crippen LogP contribution in [-0.2, 0) is 4.79 Å². The van der Waals surface area contributed by atoms with E-state index in [1.807, 2.05) is 42.5 Å². The summed E-state index contributed by atoms with van der Waals surface area (Å²) in [4.78, 5) is 14.8. The van der Waals surface area contributed by atoms with E-state index in [1.54, 1.807) is 30.3 Å². The molecule has 0 N–H and O–H groups in total. The fraction of sp³-hybridized carbons (Fsp3) is 0. The van der Waals surface area contributed by atoms with Gasteiger partial charge in [0.25, 0.3) is 5.91 Å². The fourth-order valence-corrected chi connectivity index (χ4v) is 4.09. The van der Waals surface area contributed by atoms with Crippen LogP contribution in [0.4, 0.5) is 5.69 Å². The summed E-state index contributed by atoms with van der Waals surface area (Å²) < 4.78 is 6.32. The Morgan fingerprint density at radius 2 is 1.85 bits per heavy atom. The maximum atomic E-state index is 12.8. The number of anilines is 1. The van der Waals surface area contributed by atoms with Gasteiger partial charge in [-0.05, 0) is 30.3 Å². The van der Waals surface area contributed by atoms with Crippen molar-refractivity contribution in [2.24, 2.45) is 0 Å². The summed E-state index contributed by atoms with van der Waals surface area (Å²) in [7, 11) is 0. The average Bonchev–Trinajstić information content (AvgIpc) is 3.21. The number of furan rings is 1. The number of amides is 1. The Morgan fingerprint density at radius 3 is 2.62 bits per heavy atom. The van der Waals surface area contributed by atoms with Crippen molar-refractivity contribution in [3.8, 4) is 11.3 Å². The Hall–Kier alpha value is -2.34. The lowest BCUT2D eigenvalue weighted by molar-refractivity contribution is -0.113. The number of thiocarbonyl (C=S) groups is 1. The number of rotatable bonds is 3. The molecular weight excluding hydrogens is 386 g/mol. The van der Waals surface area contributed by atoms with Gasteiger partial charge in [-0.15, -0.1) is 0 Å². The molecule has 1 aliphatic heterocycles. The largest absolute Gasteiger partial charge is 0.457 e. The summed E-state index contributed by atoms with van der Waals surface area (Å²) in [5.41, 5.74) is 1.64. The summed E-state index contributed by atoms with van der Waals surface area (Å²) in [6.45, 7) is 0. The van der Waals surface area contributed by atoms with Gasteiger partial charge in [-0.2, -0.15) is 0 Å². The van der Waals surface area contributed by atoms with Crippen molar-refractivity contribution >= 4 is 57.6 Å². The van der Waals surface area contributed by atoms with E-state index in [4.69, 9.17) is 28.2 Å². The lowest BCUT2D eigenvalue weighted by atomic mass is 10.2. The highest BCUT2D eigenvalue weighted by Crippen LogP contribution is 2.37. The van der Waals surface area contributed by atoms with E-state index in [1.165, 1.54) is 16.7 Å². The zero-order chi connectivity index (χ0) is 18.1. The van der Waals surface area contributed by atoms with Crippen LogP contribution in [0, 0.1) is 0 Å². The molecule has 26 heavy (non-hydrogen) atoms. The van der Waals surface area contributed by atoms with E-state index in [-0.39, 0.29) is 5.91 Å². The first-order valence-corrected chi connectivity index (χ1v) is 9.41. The smallest absolute Gasteiger partial charge is 0.270 e. The molecule has 4 rings (SSSR count). The summed E-state index contributed by atoms with van der Waals surface area (Å²) in [5, 5.41) is 0.555. The van der Waals surface area contributed by atoms with E-state index in [2.05, 4.69) is 0 Å². The molecule has 0 bridgehead atoms. The van der Waals surface area contributed by atoms with Crippen LogP contribution < -0.4 is 4.90 Å². The number of carbonyl (C=O) groups is 1. The van der Waals surface area contributed by atoms with Crippen LogP contribution in [0.3, 0.4) is 0 Å². The van der Waals surface area contributed by atoms with Crippen LogP contribution in [0.5, 0.6) is 0 Å². The number of carbonyl (C=O) groups excluding carboxylic acids is 1. The van der Waals surface area contributed by atoms with E-state index in [9.17, 15) is 4.79 Å². The van der Waals surface area contributed by atoms with Crippen molar-refractivity contribution in [1.82, 2.24) is 0 Å². The molecule has 1 aliphatic rings. The van der Waals surface area contributed by atoms with Gasteiger partial charge in [0.15, 0.2) is 4.32 Å². The van der Waals surface area contributed by atoms with Gasteiger partial charge in [0.1, 0.15) is 11.5 Å². The second-order valence-electron chi connectivity index (χ2n) is 5.57. The second-order valence-corrected chi connectivity index (χ2v) is 7.68. The summed E-state index contributed by atoms with van der Waals surface area (Å²) in [6.07, 6.45) is 1.72. The van der Waals surface area contributed by atoms with E-state index < -0.39 is 0 Å². The molecule has 3 nitrogen and oxygen atoms in total. The van der Waals surface area contributed by atoms with Crippen molar-refractivity contribution in [3.63, 3.8) is 0 Å². The molecule has 1 aromatic heterocycles. The molecule has 0 unspecified atom stereocenters. The Kier molecular flexibility index (Phi) is 4.68. The molecule has 2 aromatic carbocycles. The predicted octanol–water partition coefficient (Wildman–Crippen LogP) is 6.01. The van der Waals surface area contributed by atoms with Crippen molar-refractivity contribution in [2.45, 2.75) is 0 Å². The van der Waals surface area contributed by atoms with Gasteiger partial charge < -0.3 is 4.42 Å². The third-order valence-corrected chi connectivity index (χ3v) is 5.36. The Balaban J connectivity index is 1.62. The number of thioether (sulfide) groups is 1. The molecule has 0 atom stereocenters. The molecule has 1 fully saturated rings. The van der Waals surface area contributed by atoms with Crippen LogP contribution in [0.15, 0.2) is 76.1 Å². The van der Waals surface area contributed by atoms with Crippen LogP contribution in [0.2, 0.25) is 5.02 Å². The molecule has 0 radical (unpaired) electrons. The van der Waals surface area contributed by atoms with Crippen molar-refractivity contribution in [1.29, 1.82) is 0 Å². The SMILES string of the molecule is O=C1/C(=C\c2ccc(-c3ccccc3)o2)SC(=S)N1c1cccc(Cl)c1. The van der Waals surface area contributed by atoms with Crippen molar-refractivity contribution in [3.05, 3.63) is 82.4 Å². The van der Waals surface area contributed by atoms with E-state index in [0.717, 1.165) is 11.3 Å². The Morgan fingerprint density at radius 1 is 1.04 bits per heavy atom. The molecule has 2 heterocycles. The molecule has 128 valence electrons. The molecule has 1 amide bonds. The number of halogens is 1. The van der Waals surface area contributed by atoms with Gasteiger partial charge in [0.2, 0.25) is 0 Å². The minimum Gasteiger partial charge on any atom is -0.457 e. The summed E-state index contributed by atoms with van der Waals surface area (Å²) in [5.74, 6) is 1.18. The lowest BCUT2D eigenvalue weighted by Gasteiger charge is -2.14. The normalized spacial score (nSPS) is 15.9. The molecule has 0 aliphatic carbocycles. The fourth-order valence-electron chi connectivity index (χ4n) is 2.62. The Labute approximate surface area is 165 Å². The van der Waals surface area contributed by atoms with Crippen LogP contribution in [-0.4, -0.2) is 10.2 Å². The third-order valence-electron chi connectivity index (χ3n) is 3.82. The van der Waals surface area contributed by atoms with Crippen LogP contribution in [0.25, 0.3) is 17.4 Å². The molecule has 3 aromatic rings. The number of hydrogen-bond donors (Lipinski definition) is 0. The van der Waals surface area contributed by atoms with Gasteiger partial charge in [0.05, 0.1) is 10.6 Å². The van der Waals surface area contributed by atoms with Crippen molar-refractivity contribution < 1.29 is 9.21 Å². The summed E-state index contributed by atoms with van der Waals surface area (Å²) >= 11 is 12.6. The standard InChI is InChI=1S/C20H12ClNO2S2/c21-14-7-4-8-15(11-14)22-19(23)18(26-20(22)25)12-16-9-10-17(24-16)13-5-2-1-3-6-13/h1-12H/b18-12+. The first kappa shape index (κ1) is 17.1. The van der Waals surface area contributed by atoms with Crippen LogP contribution >= 0.6 is 35.6 Å². The maximum absolute atomic E-state index is 12.8. The first-order valence-electron chi connectivity index (χ1n) is 7.80. The zero-order valence-corrected chi connectivity index (χ0v) is 15.8. The number of nitrogens with zero attached hydrogens (tertiary/aromatic N) is 1. The lowest BCUT2D eigenvalue weighted by Crippen LogP contribution is -2.27. The predicted molar refractivity (Wildman–Crippen MR) is 111 cm³/mol. The van der Waals surface area contributed by atoms with Gasteiger partial charge in [0, 0.05) is 16.7 Å². The molecular formula is C20H12ClNO2S2. The molecule has 6 heteroatoms. The van der Waals surface area contributed by atoms with Gasteiger partial charge in [-0.25, -0.2) is 0 Å². The van der Waals surface area contributed by atoms with E-state index in [0.29, 0.717) is 25.7 Å². The first-order chi connectivity index (χ1) is 12.6. The number of benzene rings is 2. The van der Waals surface area contributed by atoms with Gasteiger partial charge >= 0.3 is 0 Å². The monoisotopic (exact) mass is 397 g/mol.